The molecule has 8 heteroatoms. The second-order valence-corrected chi connectivity index (χ2v) is 4.29. The number of nitrogen functional groups attached to an aromatic ring is 1. The van der Waals surface area contributed by atoms with E-state index < -0.39 is 5.91 Å². The van der Waals surface area contributed by atoms with Crippen LogP contribution in [0.5, 0.6) is 5.75 Å². The summed E-state index contributed by atoms with van der Waals surface area (Å²) in [5.74, 6) is -0.323. The van der Waals surface area contributed by atoms with E-state index in [9.17, 15) is 9.59 Å². The number of methoxy groups -OCH3 is 1. The van der Waals surface area contributed by atoms with E-state index in [4.69, 9.17) is 16.2 Å². The first-order valence-corrected chi connectivity index (χ1v) is 6.05. The Morgan fingerprint density at radius 1 is 1.43 bits per heavy atom. The van der Waals surface area contributed by atoms with E-state index in [2.05, 4.69) is 10.4 Å². The molecule has 0 aliphatic heterocycles. The van der Waals surface area contributed by atoms with Crippen LogP contribution in [0.4, 0.5) is 11.4 Å². The number of primary amides is 1. The van der Waals surface area contributed by atoms with Crippen LogP contribution < -0.4 is 21.5 Å². The number of ether oxygens (including phenoxy) is 1. The molecule has 1 heterocycles. The quantitative estimate of drug-likeness (QED) is 0.678. The third kappa shape index (κ3) is 3.50. The van der Waals surface area contributed by atoms with Crippen LogP contribution in [-0.2, 0) is 11.3 Å². The molecule has 0 atom stereocenters. The summed E-state index contributed by atoms with van der Waals surface area (Å²) < 4.78 is 6.34. The van der Waals surface area contributed by atoms with E-state index in [1.165, 1.54) is 24.2 Å². The molecule has 8 nitrogen and oxygen atoms in total. The molecule has 21 heavy (non-hydrogen) atoms. The second kappa shape index (κ2) is 5.95. The monoisotopic (exact) mass is 289 g/mol. The van der Waals surface area contributed by atoms with Gasteiger partial charge in [-0.1, -0.05) is 0 Å². The van der Waals surface area contributed by atoms with Gasteiger partial charge in [-0.25, -0.2) is 0 Å². The van der Waals surface area contributed by atoms with Gasteiger partial charge in [0.1, 0.15) is 12.3 Å². The number of hydrogen-bond donors (Lipinski definition) is 3. The minimum Gasteiger partial charge on any atom is -0.497 e. The summed E-state index contributed by atoms with van der Waals surface area (Å²) >= 11 is 0. The van der Waals surface area contributed by atoms with Gasteiger partial charge in [0.25, 0.3) is 5.91 Å². The average Bonchev–Trinajstić information content (AvgIpc) is 2.89. The van der Waals surface area contributed by atoms with Crippen molar-refractivity contribution >= 4 is 23.2 Å². The molecule has 0 unspecified atom stereocenters. The van der Waals surface area contributed by atoms with Crippen molar-refractivity contribution in [3.8, 4) is 5.75 Å². The van der Waals surface area contributed by atoms with Gasteiger partial charge in [-0.15, -0.1) is 0 Å². The second-order valence-electron chi connectivity index (χ2n) is 4.29. The molecule has 0 spiro atoms. The molecule has 0 fully saturated rings. The predicted molar refractivity (Wildman–Crippen MR) is 76.8 cm³/mol. The number of hydrogen-bond acceptors (Lipinski definition) is 5. The topological polar surface area (TPSA) is 125 Å². The number of benzene rings is 1. The van der Waals surface area contributed by atoms with Crippen LogP contribution in [0.15, 0.2) is 30.6 Å². The van der Waals surface area contributed by atoms with Crippen molar-refractivity contribution in [3.05, 3.63) is 36.2 Å². The van der Waals surface area contributed by atoms with Gasteiger partial charge in [-0.2, -0.15) is 5.10 Å². The first-order chi connectivity index (χ1) is 9.99. The maximum atomic E-state index is 11.9. The summed E-state index contributed by atoms with van der Waals surface area (Å²) in [6, 6.07) is 4.93. The Morgan fingerprint density at radius 2 is 2.19 bits per heavy atom. The zero-order chi connectivity index (χ0) is 15.4. The lowest BCUT2D eigenvalue weighted by Crippen LogP contribution is -2.19. The van der Waals surface area contributed by atoms with Gasteiger partial charge < -0.3 is 21.5 Å². The first kappa shape index (κ1) is 14.4. The van der Waals surface area contributed by atoms with Gasteiger partial charge in [-0.05, 0) is 12.1 Å². The molecule has 0 aliphatic rings. The van der Waals surface area contributed by atoms with Crippen molar-refractivity contribution in [3.63, 3.8) is 0 Å². The standard InChI is InChI=1S/C13H15N5O3/c1-21-9-2-3-11(10(14)4-9)17-12(19)7-18-6-8(5-16-18)13(15)20/h2-6H,7,14H2,1H3,(H2,15,20)(H,17,19). The average molecular weight is 289 g/mol. The molecule has 2 rings (SSSR count). The number of amides is 2. The van der Waals surface area contributed by atoms with E-state index >= 15 is 0 Å². The normalized spacial score (nSPS) is 10.1. The Balaban J connectivity index is 2.02. The minimum absolute atomic E-state index is 0.0568. The summed E-state index contributed by atoms with van der Waals surface area (Å²) in [6.45, 7) is -0.0568. The molecule has 0 saturated carbocycles. The number of rotatable bonds is 5. The summed E-state index contributed by atoms with van der Waals surface area (Å²) in [4.78, 5) is 22.8. The van der Waals surface area contributed by atoms with E-state index in [0.29, 0.717) is 17.1 Å². The van der Waals surface area contributed by atoms with E-state index in [-0.39, 0.29) is 18.0 Å². The fourth-order valence-electron chi connectivity index (χ4n) is 1.70. The minimum atomic E-state index is -0.596. The van der Waals surface area contributed by atoms with Gasteiger partial charge in [0, 0.05) is 12.3 Å². The molecule has 5 N–H and O–H groups in total. The Morgan fingerprint density at radius 3 is 2.76 bits per heavy atom. The summed E-state index contributed by atoms with van der Waals surface area (Å²) in [6.07, 6.45) is 2.71. The molecule has 1 aromatic heterocycles. The van der Waals surface area contributed by atoms with Gasteiger partial charge in [-0.3, -0.25) is 14.3 Å². The highest BCUT2D eigenvalue weighted by Gasteiger charge is 2.09. The molecule has 1 aromatic carbocycles. The highest BCUT2D eigenvalue weighted by molar-refractivity contribution is 5.94. The fourth-order valence-corrected chi connectivity index (χ4v) is 1.70. The molecule has 0 saturated heterocycles. The van der Waals surface area contributed by atoms with Crippen molar-refractivity contribution in [2.45, 2.75) is 6.54 Å². The van der Waals surface area contributed by atoms with Gasteiger partial charge in [0.2, 0.25) is 5.91 Å². The maximum absolute atomic E-state index is 11.9. The summed E-state index contributed by atoms with van der Waals surface area (Å²) in [5.41, 5.74) is 12.0. The fraction of sp³-hybridized carbons (Fsp3) is 0.154. The lowest BCUT2D eigenvalue weighted by atomic mass is 10.2. The van der Waals surface area contributed by atoms with Crippen LogP contribution in [0.3, 0.4) is 0 Å². The molecular formula is C13H15N5O3. The Bertz CT molecular complexity index is 680. The van der Waals surface area contributed by atoms with Crippen molar-refractivity contribution in [1.29, 1.82) is 0 Å². The smallest absolute Gasteiger partial charge is 0.251 e. The third-order valence-electron chi connectivity index (χ3n) is 2.76. The Kier molecular flexibility index (Phi) is 4.07. The van der Waals surface area contributed by atoms with Gasteiger partial charge >= 0.3 is 0 Å². The van der Waals surface area contributed by atoms with Crippen molar-refractivity contribution < 1.29 is 14.3 Å². The van der Waals surface area contributed by atoms with E-state index in [0.717, 1.165) is 0 Å². The van der Waals surface area contributed by atoms with Crippen LogP contribution in [0.2, 0.25) is 0 Å². The van der Waals surface area contributed by atoms with Crippen molar-refractivity contribution in [2.24, 2.45) is 5.73 Å². The highest BCUT2D eigenvalue weighted by atomic mass is 16.5. The molecule has 0 aliphatic carbocycles. The molecular weight excluding hydrogens is 274 g/mol. The van der Waals surface area contributed by atoms with Crippen molar-refractivity contribution in [2.75, 3.05) is 18.2 Å². The number of anilines is 2. The van der Waals surface area contributed by atoms with Gasteiger partial charge in [0.05, 0.1) is 30.2 Å². The molecule has 0 radical (unpaired) electrons. The number of nitrogens with two attached hydrogens (primary N) is 2. The van der Waals surface area contributed by atoms with Crippen LogP contribution in [0.1, 0.15) is 10.4 Å². The zero-order valence-corrected chi connectivity index (χ0v) is 11.4. The molecule has 0 bridgehead atoms. The number of carbonyl (C=O) groups is 2. The van der Waals surface area contributed by atoms with Crippen molar-refractivity contribution in [1.82, 2.24) is 9.78 Å². The van der Waals surface area contributed by atoms with E-state index in [1.54, 1.807) is 18.2 Å². The summed E-state index contributed by atoms with van der Waals surface area (Å²) in [7, 11) is 1.53. The lowest BCUT2D eigenvalue weighted by molar-refractivity contribution is -0.116. The lowest BCUT2D eigenvalue weighted by Gasteiger charge is -2.09. The molecule has 110 valence electrons. The maximum Gasteiger partial charge on any atom is 0.251 e. The number of carbonyl (C=O) groups excluding carboxylic acids is 2. The number of nitrogens with zero attached hydrogens (tertiary/aromatic N) is 2. The van der Waals surface area contributed by atoms with Gasteiger partial charge in [0.15, 0.2) is 0 Å². The predicted octanol–water partition coefficient (Wildman–Crippen LogP) is 0.211. The zero-order valence-electron chi connectivity index (χ0n) is 11.4. The van der Waals surface area contributed by atoms with E-state index in [1.807, 2.05) is 0 Å². The number of nitrogens with one attached hydrogen (secondary N) is 1. The third-order valence-corrected chi connectivity index (χ3v) is 2.76. The van der Waals surface area contributed by atoms with Crippen LogP contribution >= 0.6 is 0 Å². The highest BCUT2D eigenvalue weighted by Crippen LogP contribution is 2.23. The SMILES string of the molecule is COc1ccc(NC(=O)Cn2cc(C(N)=O)cn2)c(N)c1. The number of aromatic nitrogens is 2. The molecule has 2 amide bonds. The van der Waals surface area contributed by atoms with Crippen LogP contribution in [0.25, 0.3) is 0 Å². The Labute approximate surface area is 120 Å². The van der Waals surface area contributed by atoms with Crippen LogP contribution in [0, 0.1) is 0 Å². The Hall–Kier alpha value is -3.03. The summed E-state index contributed by atoms with van der Waals surface area (Å²) in [5, 5.41) is 6.52. The first-order valence-electron chi connectivity index (χ1n) is 6.05. The van der Waals surface area contributed by atoms with Crippen LogP contribution in [-0.4, -0.2) is 28.7 Å². The largest absolute Gasteiger partial charge is 0.497 e. The molecule has 2 aromatic rings.